The number of nitrogens with zero attached hydrogens (tertiary/aromatic N) is 2. The number of hydrogen-bond acceptors (Lipinski definition) is 4. The van der Waals surface area contributed by atoms with Crippen LogP contribution in [0.4, 0.5) is 0 Å². The SMILES string of the molecule is CN(C)S(=O)(=O)CCCN1CCC1CN. The molecule has 2 N–H and O–H groups in total. The fourth-order valence-corrected chi connectivity index (χ4v) is 2.55. The smallest absolute Gasteiger partial charge is 0.213 e. The van der Waals surface area contributed by atoms with Crippen molar-refractivity contribution >= 4 is 10.0 Å². The van der Waals surface area contributed by atoms with Crippen molar-refractivity contribution in [3.8, 4) is 0 Å². The molecule has 0 aliphatic carbocycles. The van der Waals surface area contributed by atoms with Crippen LogP contribution in [0.3, 0.4) is 0 Å². The van der Waals surface area contributed by atoms with E-state index in [2.05, 4.69) is 4.90 Å². The molecule has 0 bridgehead atoms. The van der Waals surface area contributed by atoms with Crippen molar-refractivity contribution in [3.05, 3.63) is 0 Å². The summed E-state index contributed by atoms with van der Waals surface area (Å²) in [5.41, 5.74) is 5.56. The molecule has 1 unspecified atom stereocenters. The van der Waals surface area contributed by atoms with Gasteiger partial charge in [0, 0.05) is 33.2 Å². The third-order valence-electron chi connectivity index (χ3n) is 2.94. The minimum Gasteiger partial charge on any atom is -0.329 e. The summed E-state index contributed by atoms with van der Waals surface area (Å²) < 4.78 is 24.2. The Bertz CT molecular complexity index is 288. The lowest BCUT2D eigenvalue weighted by Gasteiger charge is -2.40. The average molecular weight is 235 g/mol. The molecule has 0 spiro atoms. The molecule has 6 heteroatoms. The minimum absolute atomic E-state index is 0.230. The van der Waals surface area contributed by atoms with E-state index in [1.165, 1.54) is 4.31 Å². The first-order chi connectivity index (χ1) is 6.97. The van der Waals surface area contributed by atoms with Crippen molar-refractivity contribution in [2.75, 3.05) is 39.5 Å². The Morgan fingerprint density at radius 3 is 2.53 bits per heavy atom. The van der Waals surface area contributed by atoms with Gasteiger partial charge in [-0.3, -0.25) is 4.90 Å². The minimum atomic E-state index is -3.03. The van der Waals surface area contributed by atoms with Gasteiger partial charge >= 0.3 is 0 Å². The molecule has 0 amide bonds. The van der Waals surface area contributed by atoms with Crippen LogP contribution in [0, 0.1) is 0 Å². The number of nitrogens with two attached hydrogens (primary N) is 1. The van der Waals surface area contributed by atoms with Gasteiger partial charge in [-0.25, -0.2) is 12.7 Å². The Balaban J connectivity index is 2.22. The highest BCUT2D eigenvalue weighted by Gasteiger charge is 2.26. The van der Waals surface area contributed by atoms with E-state index in [1.807, 2.05) is 0 Å². The Morgan fingerprint density at radius 1 is 1.47 bits per heavy atom. The van der Waals surface area contributed by atoms with E-state index in [4.69, 9.17) is 5.73 Å². The van der Waals surface area contributed by atoms with Gasteiger partial charge in [-0.05, 0) is 19.4 Å². The van der Waals surface area contributed by atoms with Crippen LogP contribution in [0.2, 0.25) is 0 Å². The van der Waals surface area contributed by atoms with Crippen molar-refractivity contribution in [1.82, 2.24) is 9.21 Å². The van der Waals surface area contributed by atoms with Crippen molar-refractivity contribution in [2.24, 2.45) is 5.73 Å². The molecule has 1 aliphatic heterocycles. The summed E-state index contributed by atoms with van der Waals surface area (Å²) in [6, 6.07) is 0.479. The second-order valence-electron chi connectivity index (χ2n) is 4.17. The Hall–Kier alpha value is -0.170. The highest BCUT2D eigenvalue weighted by atomic mass is 32.2. The van der Waals surface area contributed by atoms with E-state index >= 15 is 0 Å². The molecule has 1 aliphatic rings. The van der Waals surface area contributed by atoms with Crippen LogP contribution in [0.5, 0.6) is 0 Å². The summed E-state index contributed by atoms with van der Waals surface area (Å²) in [5, 5.41) is 0. The molecule has 5 nitrogen and oxygen atoms in total. The number of hydrogen-bond donors (Lipinski definition) is 1. The third-order valence-corrected chi connectivity index (χ3v) is 4.86. The van der Waals surface area contributed by atoms with Crippen LogP contribution in [-0.4, -0.2) is 63.1 Å². The first-order valence-electron chi connectivity index (χ1n) is 5.31. The molecule has 1 saturated heterocycles. The highest BCUT2D eigenvalue weighted by molar-refractivity contribution is 7.89. The maximum absolute atomic E-state index is 11.5. The monoisotopic (exact) mass is 235 g/mol. The van der Waals surface area contributed by atoms with E-state index in [0.29, 0.717) is 19.0 Å². The molecule has 0 aromatic heterocycles. The topological polar surface area (TPSA) is 66.6 Å². The molecule has 0 radical (unpaired) electrons. The van der Waals surface area contributed by atoms with Gasteiger partial charge in [0.05, 0.1) is 5.75 Å². The second-order valence-corrected chi connectivity index (χ2v) is 6.47. The fraction of sp³-hybridized carbons (Fsp3) is 1.00. The summed E-state index contributed by atoms with van der Waals surface area (Å²) in [6.07, 6.45) is 1.84. The summed E-state index contributed by atoms with van der Waals surface area (Å²) in [7, 11) is 0.115. The van der Waals surface area contributed by atoms with Gasteiger partial charge in [-0.15, -0.1) is 0 Å². The molecular formula is C9H21N3O2S. The molecule has 0 aromatic rings. The van der Waals surface area contributed by atoms with E-state index in [-0.39, 0.29) is 5.75 Å². The Labute approximate surface area is 92.3 Å². The number of rotatable bonds is 6. The van der Waals surface area contributed by atoms with E-state index in [0.717, 1.165) is 19.5 Å². The molecule has 15 heavy (non-hydrogen) atoms. The van der Waals surface area contributed by atoms with Crippen LogP contribution in [-0.2, 0) is 10.0 Å². The first-order valence-corrected chi connectivity index (χ1v) is 6.92. The first kappa shape index (κ1) is 12.9. The zero-order valence-electron chi connectivity index (χ0n) is 9.52. The fourth-order valence-electron chi connectivity index (χ4n) is 1.69. The number of sulfonamides is 1. The van der Waals surface area contributed by atoms with Crippen LogP contribution < -0.4 is 5.73 Å². The van der Waals surface area contributed by atoms with Gasteiger partial charge in [0.1, 0.15) is 0 Å². The molecule has 1 atom stereocenters. The van der Waals surface area contributed by atoms with Crippen LogP contribution >= 0.6 is 0 Å². The normalized spacial score (nSPS) is 23.1. The average Bonchev–Trinajstić information content (AvgIpc) is 2.11. The molecule has 1 heterocycles. The van der Waals surface area contributed by atoms with E-state index in [1.54, 1.807) is 14.1 Å². The third kappa shape index (κ3) is 3.41. The zero-order valence-corrected chi connectivity index (χ0v) is 10.3. The predicted molar refractivity (Wildman–Crippen MR) is 61.1 cm³/mol. The molecule has 1 rings (SSSR count). The molecule has 0 saturated carbocycles. The van der Waals surface area contributed by atoms with Crippen LogP contribution in [0.25, 0.3) is 0 Å². The van der Waals surface area contributed by atoms with Gasteiger partial charge in [0.2, 0.25) is 10.0 Å². The lowest BCUT2D eigenvalue weighted by Crippen LogP contribution is -2.52. The maximum Gasteiger partial charge on any atom is 0.213 e. The van der Waals surface area contributed by atoms with Crippen molar-refractivity contribution in [1.29, 1.82) is 0 Å². The van der Waals surface area contributed by atoms with Gasteiger partial charge in [0.25, 0.3) is 0 Å². The van der Waals surface area contributed by atoms with E-state index < -0.39 is 10.0 Å². The number of likely N-dealkylation sites (tertiary alicyclic amines) is 1. The van der Waals surface area contributed by atoms with Gasteiger partial charge in [0.15, 0.2) is 0 Å². The van der Waals surface area contributed by atoms with Crippen LogP contribution in [0.15, 0.2) is 0 Å². The molecule has 0 aromatic carbocycles. The lowest BCUT2D eigenvalue weighted by molar-refractivity contribution is 0.0974. The molecule has 90 valence electrons. The molecule has 1 fully saturated rings. The summed E-state index contributed by atoms with van der Waals surface area (Å²) in [4.78, 5) is 2.26. The largest absolute Gasteiger partial charge is 0.329 e. The van der Waals surface area contributed by atoms with Crippen molar-refractivity contribution in [3.63, 3.8) is 0 Å². The predicted octanol–water partition coefficient (Wildman–Crippen LogP) is -0.699. The lowest BCUT2D eigenvalue weighted by atomic mass is 10.0. The Kier molecular flexibility index (Phi) is 4.51. The Morgan fingerprint density at radius 2 is 2.13 bits per heavy atom. The van der Waals surface area contributed by atoms with Crippen molar-refractivity contribution < 1.29 is 8.42 Å². The zero-order chi connectivity index (χ0) is 11.5. The van der Waals surface area contributed by atoms with Crippen molar-refractivity contribution in [2.45, 2.75) is 18.9 Å². The summed E-state index contributed by atoms with van der Waals surface area (Å²) in [6.45, 7) is 2.58. The molecular weight excluding hydrogens is 214 g/mol. The highest BCUT2D eigenvalue weighted by Crippen LogP contribution is 2.16. The quantitative estimate of drug-likeness (QED) is 0.661. The standard InChI is InChI=1S/C9H21N3O2S/c1-11(2)15(13,14)7-3-5-12-6-4-9(12)8-10/h9H,3-8,10H2,1-2H3. The van der Waals surface area contributed by atoms with Gasteiger partial charge in [-0.1, -0.05) is 0 Å². The second kappa shape index (κ2) is 5.25. The van der Waals surface area contributed by atoms with Gasteiger partial charge in [-0.2, -0.15) is 0 Å². The maximum atomic E-state index is 11.5. The van der Waals surface area contributed by atoms with Gasteiger partial charge < -0.3 is 5.73 Å². The van der Waals surface area contributed by atoms with E-state index in [9.17, 15) is 8.42 Å². The summed E-state index contributed by atoms with van der Waals surface area (Å²) >= 11 is 0. The van der Waals surface area contributed by atoms with Crippen LogP contribution in [0.1, 0.15) is 12.8 Å². The summed E-state index contributed by atoms with van der Waals surface area (Å²) in [5.74, 6) is 0.230.